The lowest BCUT2D eigenvalue weighted by Gasteiger charge is -2.22. The number of imide groups is 1. The van der Waals surface area contributed by atoms with Gasteiger partial charge in [-0.3, -0.25) is 29.4 Å². The maximum Gasteiger partial charge on any atom is 0.325 e. The van der Waals surface area contributed by atoms with Gasteiger partial charge in [-0.2, -0.15) is 0 Å². The van der Waals surface area contributed by atoms with Crippen molar-refractivity contribution in [2.75, 3.05) is 11.9 Å². The van der Waals surface area contributed by atoms with Gasteiger partial charge in [-0.15, -0.1) is 11.3 Å². The summed E-state index contributed by atoms with van der Waals surface area (Å²) in [5.74, 6) is -2.17. The minimum Gasteiger partial charge on any atom is -0.366 e. The van der Waals surface area contributed by atoms with E-state index in [9.17, 15) is 29.3 Å². The van der Waals surface area contributed by atoms with Crippen molar-refractivity contribution >= 4 is 45.8 Å². The second-order valence-electron chi connectivity index (χ2n) is 6.33. The molecule has 1 aromatic heterocycles. The van der Waals surface area contributed by atoms with Gasteiger partial charge in [0.2, 0.25) is 5.91 Å². The molecule has 150 valence electrons. The molecule has 5 amide bonds. The van der Waals surface area contributed by atoms with Crippen molar-refractivity contribution in [3.05, 3.63) is 57.0 Å². The van der Waals surface area contributed by atoms with Gasteiger partial charge < -0.3 is 16.4 Å². The van der Waals surface area contributed by atoms with Crippen molar-refractivity contribution < 1.29 is 24.1 Å². The first-order valence-electron chi connectivity index (χ1n) is 8.19. The summed E-state index contributed by atoms with van der Waals surface area (Å²) in [6.07, 6.45) is 0. The Morgan fingerprint density at radius 2 is 2.07 bits per heavy atom. The van der Waals surface area contributed by atoms with Crippen LogP contribution in [0.3, 0.4) is 0 Å². The first-order chi connectivity index (χ1) is 13.6. The van der Waals surface area contributed by atoms with E-state index < -0.39 is 40.8 Å². The van der Waals surface area contributed by atoms with E-state index in [1.165, 1.54) is 37.3 Å². The molecular weight excluding hydrogens is 402 g/mol. The quantitative estimate of drug-likeness (QED) is 0.362. The topological polar surface area (TPSA) is 165 Å². The first-order valence-corrected chi connectivity index (χ1v) is 9.07. The Morgan fingerprint density at radius 1 is 1.34 bits per heavy atom. The van der Waals surface area contributed by atoms with E-state index in [4.69, 9.17) is 5.73 Å². The summed E-state index contributed by atoms with van der Waals surface area (Å²) in [6, 6.07) is 5.94. The molecule has 1 aliphatic heterocycles. The number of rotatable bonds is 6. The van der Waals surface area contributed by atoms with E-state index in [1.54, 1.807) is 5.38 Å². The summed E-state index contributed by atoms with van der Waals surface area (Å²) in [5.41, 5.74) is 3.74. The highest BCUT2D eigenvalue weighted by Gasteiger charge is 2.49. The van der Waals surface area contributed by atoms with Gasteiger partial charge in [-0.1, -0.05) is 12.1 Å². The predicted molar refractivity (Wildman–Crippen MR) is 102 cm³/mol. The van der Waals surface area contributed by atoms with Crippen molar-refractivity contribution in [2.24, 2.45) is 5.73 Å². The van der Waals surface area contributed by atoms with Crippen LogP contribution in [0.5, 0.6) is 0 Å². The Labute approximate surface area is 167 Å². The fourth-order valence-electron chi connectivity index (χ4n) is 2.88. The number of anilines is 1. The first kappa shape index (κ1) is 19.9. The fraction of sp³-hybridized carbons (Fsp3) is 0.176. The van der Waals surface area contributed by atoms with Crippen molar-refractivity contribution in [1.29, 1.82) is 0 Å². The normalized spacial score (nSPS) is 18.4. The van der Waals surface area contributed by atoms with Crippen LogP contribution >= 0.6 is 11.3 Å². The molecular formula is C17H15N5O6S. The number of amides is 5. The summed E-state index contributed by atoms with van der Waals surface area (Å²) < 4.78 is 0. The summed E-state index contributed by atoms with van der Waals surface area (Å²) in [6.45, 7) is 0.792. The molecule has 3 rings (SSSR count). The van der Waals surface area contributed by atoms with Gasteiger partial charge in [0.15, 0.2) is 0 Å². The van der Waals surface area contributed by atoms with Gasteiger partial charge in [0, 0.05) is 12.1 Å². The molecule has 1 saturated heterocycles. The van der Waals surface area contributed by atoms with Crippen molar-refractivity contribution in [3.63, 3.8) is 0 Å². The molecule has 0 radical (unpaired) electrons. The van der Waals surface area contributed by atoms with Crippen LogP contribution in [0.25, 0.3) is 0 Å². The Balaban J connectivity index is 1.79. The van der Waals surface area contributed by atoms with Crippen LogP contribution in [-0.2, 0) is 15.1 Å². The minimum atomic E-state index is -1.56. The van der Waals surface area contributed by atoms with Crippen LogP contribution in [0.2, 0.25) is 0 Å². The monoisotopic (exact) mass is 417 g/mol. The van der Waals surface area contributed by atoms with Crippen LogP contribution in [0.1, 0.15) is 22.8 Å². The number of carbonyl (C=O) groups excluding carboxylic acids is 4. The Hall–Kier alpha value is -3.80. The molecule has 2 heterocycles. The van der Waals surface area contributed by atoms with Gasteiger partial charge in [0.25, 0.3) is 17.5 Å². The summed E-state index contributed by atoms with van der Waals surface area (Å²) >= 11 is 1.07. The zero-order valence-corrected chi connectivity index (χ0v) is 15.8. The van der Waals surface area contributed by atoms with Crippen molar-refractivity contribution in [3.8, 4) is 0 Å². The number of non-ortho nitro benzene ring substituents is 1. The SMILES string of the molecule is C[C@]1(c2cccc([N+](=O)[O-])c2)NC(=O)N(CC(=O)Nc2sccc2C(N)=O)C1=O. The summed E-state index contributed by atoms with van der Waals surface area (Å²) in [5, 5.41) is 17.7. The number of nitrogens with two attached hydrogens (primary N) is 1. The predicted octanol–water partition coefficient (Wildman–Crippen LogP) is 1.16. The highest BCUT2D eigenvalue weighted by molar-refractivity contribution is 7.14. The molecule has 11 nitrogen and oxygen atoms in total. The number of nitro groups is 1. The smallest absolute Gasteiger partial charge is 0.325 e. The maximum absolute atomic E-state index is 12.9. The molecule has 0 bridgehead atoms. The van der Waals surface area contributed by atoms with Crippen LogP contribution in [0.15, 0.2) is 35.7 Å². The van der Waals surface area contributed by atoms with Gasteiger partial charge in [0.1, 0.15) is 17.1 Å². The summed E-state index contributed by atoms with van der Waals surface area (Å²) in [7, 11) is 0. The lowest BCUT2D eigenvalue weighted by Crippen LogP contribution is -2.42. The molecule has 2 aromatic rings. The van der Waals surface area contributed by atoms with Gasteiger partial charge in [-0.05, 0) is 23.9 Å². The zero-order chi connectivity index (χ0) is 21.3. The Kier molecular flexibility index (Phi) is 5.03. The van der Waals surface area contributed by atoms with Crippen LogP contribution in [-0.4, -0.2) is 40.1 Å². The molecule has 0 aliphatic carbocycles. The summed E-state index contributed by atoms with van der Waals surface area (Å²) in [4.78, 5) is 59.9. The highest BCUT2D eigenvalue weighted by atomic mass is 32.1. The molecule has 1 aliphatic rings. The average molecular weight is 417 g/mol. The zero-order valence-electron chi connectivity index (χ0n) is 15.0. The third-order valence-electron chi connectivity index (χ3n) is 4.39. The van der Waals surface area contributed by atoms with E-state index in [2.05, 4.69) is 10.6 Å². The number of hydrogen-bond donors (Lipinski definition) is 3. The molecule has 1 aromatic carbocycles. The molecule has 0 unspecified atom stereocenters. The van der Waals surface area contributed by atoms with E-state index >= 15 is 0 Å². The third-order valence-corrected chi connectivity index (χ3v) is 5.22. The maximum atomic E-state index is 12.9. The van der Waals surface area contributed by atoms with E-state index in [-0.39, 0.29) is 21.8 Å². The number of carbonyl (C=O) groups is 4. The number of nitrogens with one attached hydrogen (secondary N) is 2. The molecule has 0 spiro atoms. The average Bonchev–Trinajstić information content (AvgIpc) is 3.21. The number of primary amides is 1. The molecule has 1 atom stereocenters. The molecule has 29 heavy (non-hydrogen) atoms. The molecule has 12 heteroatoms. The third kappa shape index (κ3) is 3.65. The Bertz CT molecular complexity index is 1050. The standard InChI is InChI=1S/C17H15N5O6S/c1-17(9-3-2-4-10(7-9)22(27)28)15(25)21(16(26)20-17)8-12(23)19-14-11(13(18)24)5-6-29-14/h2-7H,8H2,1H3,(H2,18,24)(H,19,23)(H,20,26)/t17-/m1/s1. The largest absolute Gasteiger partial charge is 0.366 e. The lowest BCUT2D eigenvalue weighted by molar-refractivity contribution is -0.385. The highest BCUT2D eigenvalue weighted by Crippen LogP contribution is 2.31. The number of benzene rings is 1. The van der Waals surface area contributed by atoms with Crippen LogP contribution in [0.4, 0.5) is 15.5 Å². The van der Waals surface area contributed by atoms with E-state index in [1.807, 2.05) is 0 Å². The molecule has 4 N–H and O–H groups in total. The second-order valence-corrected chi connectivity index (χ2v) is 7.25. The van der Waals surface area contributed by atoms with Gasteiger partial charge >= 0.3 is 6.03 Å². The van der Waals surface area contributed by atoms with Crippen molar-refractivity contribution in [2.45, 2.75) is 12.5 Å². The van der Waals surface area contributed by atoms with Gasteiger partial charge in [0.05, 0.1) is 10.5 Å². The number of nitro benzene ring substituents is 1. The van der Waals surface area contributed by atoms with E-state index in [0.717, 1.165) is 11.3 Å². The van der Waals surface area contributed by atoms with E-state index in [0.29, 0.717) is 4.90 Å². The van der Waals surface area contributed by atoms with Gasteiger partial charge in [-0.25, -0.2) is 4.79 Å². The number of urea groups is 1. The number of nitrogens with zero attached hydrogens (tertiary/aromatic N) is 2. The molecule has 1 fully saturated rings. The molecule has 0 saturated carbocycles. The second kappa shape index (κ2) is 7.31. The number of thiophene rings is 1. The lowest BCUT2D eigenvalue weighted by atomic mass is 9.91. The number of hydrogen-bond acceptors (Lipinski definition) is 7. The van der Waals surface area contributed by atoms with Crippen molar-refractivity contribution in [1.82, 2.24) is 10.2 Å². The van der Waals surface area contributed by atoms with Crippen LogP contribution in [0, 0.1) is 10.1 Å². The fourth-order valence-corrected chi connectivity index (χ4v) is 3.69. The Morgan fingerprint density at radius 3 is 2.72 bits per heavy atom. The minimum absolute atomic E-state index is 0.113. The van der Waals surface area contributed by atoms with Crippen LogP contribution < -0.4 is 16.4 Å².